The highest BCUT2D eigenvalue weighted by atomic mass is 79.9. The third-order valence-corrected chi connectivity index (χ3v) is 5.80. The molecule has 3 aromatic heterocycles. The maximum absolute atomic E-state index is 4.92. The number of hydrogen-bond acceptors (Lipinski definition) is 4. The minimum absolute atomic E-state index is 0.616. The number of thiazole rings is 1. The van der Waals surface area contributed by atoms with Crippen LogP contribution in [0.15, 0.2) is 28.3 Å². The second-order valence-electron chi connectivity index (χ2n) is 5.90. The fraction of sp³-hybridized carbons (Fsp3) is 0.375. The first-order chi connectivity index (χ1) is 10.7. The molecule has 3 aromatic rings. The summed E-state index contributed by atoms with van der Waals surface area (Å²) >= 11 is 5.29. The van der Waals surface area contributed by atoms with E-state index < -0.39 is 0 Å². The lowest BCUT2D eigenvalue weighted by Crippen LogP contribution is -2.29. The van der Waals surface area contributed by atoms with Crippen molar-refractivity contribution in [2.24, 2.45) is 0 Å². The van der Waals surface area contributed by atoms with Gasteiger partial charge in [0.15, 0.2) is 0 Å². The Morgan fingerprint density at radius 1 is 1.36 bits per heavy atom. The summed E-state index contributed by atoms with van der Waals surface area (Å²) < 4.78 is 0.992. The third kappa shape index (κ3) is 2.59. The Balaban J connectivity index is 1.67. The van der Waals surface area contributed by atoms with Crippen molar-refractivity contribution in [3.63, 3.8) is 0 Å². The molecule has 0 spiro atoms. The molecule has 6 heteroatoms. The lowest BCUT2D eigenvalue weighted by Gasteiger charge is -2.27. The van der Waals surface area contributed by atoms with Crippen LogP contribution in [0.4, 0.5) is 0 Å². The molecule has 0 atom stereocenters. The molecular formula is C16H17BrN4S. The van der Waals surface area contributed by atoms with E-state index in [1.54, 1.807) is 11.3 Å². The number of nitrogens with zero attached hydrogens (tertiary/aromatic N) is 3. The monoisotopic (exact) mass is 376 g/mol. The predicted octanol–water partition coefficient (Wildman–Crippen LogP) is 4.26. The van der Waals surface area contributed by atoms with Crippen LogP contribution in [0.1, 0.15) is 23.8 Å². The number of likely N-dealkylation sites (tertiary alicyclic amines) is 1. The van der Waals surface area contributed by atoms with Crippen LogP contribution in [-0.2, 0) is 0 Å². The molecule has 0 saturated carbocycles. The van der Waals surface area contributed by atoms with Gasteiger partial charge in [-0.05, 0) is 55.0 Å². The summed E-state index contributed by atoms with van der Waals surface area (Å²) in [5, 5.41) is 4.58. The molecule has 1 saturated heterocycles. The van der Waals surface area contributed by atoms with E-state index in [2.05, 4.69) is 49.3 Å². The number of nitrogens with one attached hydrogen (secondary N) is 1. The molecule has 0 aromatic carbocycles. The van der Waals surface area contributed by atoms with E-state index in [0.29, 0.717) is 5.92 Å². The Bertz CT molecular complexity index is 801. The lowest BCUT2D eigenvalue weighted by molar-refractivity contribution is 0.255. The molecular weight excluding hydrogens is 360 g/mol. The number of rotatable bonds is 2. The Labute approximate surface area is 141 Å². The molecule has 1 aliphatic heterocycles. The van der Waals surface area contributed by atoms with Crippen LogP contribution in [0.2, 0.25) is 0 Å². The van der Waals surface area contributed by atoms with E-state index in [0.717, 1.165) is 26.8 Å². The molecule has 0 bridgehead atoms. The van der Waals surface area contributed by atoms with Crippen LogP contribution < -0.4 is 0 Å². The second kappa shape index (κ2) is 5.76. The first-order valence-electron chi connectivity index (χ1n) is 7.47. The van der Waals surface area contributed by atoms with Crippen LogP contribution in [0, 0.1) is 0 Å². The Hall–Kier alpha value is -1.24. The molecule has 4 rings (SSSR count). The summed E-state index contributed by atoms with van der Waals surface area (Å²) in [5.74, 6) is 0.616. The fourth-order valence-electron chi connectivity index (χ4n) is 3.04. The van der Waals surface area contributed by atoms with Crippen molar-refractivity contribution in [2.75, 3.05) is 20.1 Å². The fourth-order valence-corrected chi connectivity index (χ4v) is 4.37. The number of aromatic nitrogens is 3. The Kier molecular flexibility index (Phi) is 3.76. The molecule has 0 amide bonds. The highest BCUT2D eigenvalue weighted by Crippen LogP contribution is 2.35. The minimum atomic E-state index is 0.616. The second-order valence-corrected chi connectivity index (χ2v) is 7.71. The van der Waals surface area contributed by atoms with E-state index in [9.17, 15) is 0 Å². The quantitative estimate of drug-likeness (QED) is 0.726. The maximum Gasteiger partial charge on any atom is 0.137 e. The predicted molar refractivity (Wildman–Crippen MR) is 94.4 cm³/mol. The van der Waals surface area contributed by atoms with Crippen molar-refractivity contribution in [3.05, 3.63) is 33.3 Å². The Morgan fingerprint density at radius 2 is 2.18 bits per heavy atom. The average molecular weight is 377 g/mol. The number of aromatic amines is 1. The summed E-state index contributed by atoms with van der Waals surface area (Å²) in [5.41, 5.74) is 3.11. The first kappa shape index (κ1) is 14.4. The molecule has 0 unspecified atom stereocenters. The van der Waals surface area contributed by atoms with Crippen molar-refractivity contribution in [1.82, 2.24) is 19.9 Å². The normalized spacial score (nSPS) is 17.4. The van der Waals surface area contributed by atoms with E-state index >= 15 is 0 Å². The first-order valence-corrected chi connectivity index (χ1v) is 9.15. The van der Waals surface area contributed by atoms with Crippen LogP contribution in [0.5, 0.6) is 0 Å². The molecule has 1 aliphatic rings. The Morgan fingerprint density at radius 3 is 3.00 bits per heavy atom. The van der Waals surface area contributed by atoms with Crippen LogP contribution in [0.3, 0.4) is 0 Å². The van der Waals surface area contributed by atoms with E-state index in [4.69, 9.17) is 4.98 Å². The summed E-state index contributed by atoms with van der Waals surface area (Å²) in [6, 6.07) is 2.10. The number of fused-ring (bicyclic) bond motifs is 1. The van der Waals surface area contributed by atoms with Crippen molar-refractivity contribution in [3.8, 4) is 11.3 Å². The van der Waals surface area contributed by atoms with Crippen molar-refractivity contribution in [1.29, 1.82) is 0 Å². The molecule has 4 heterocycles. The van der Waals surface area contributed by atoms with Gasteiger partial charge in [0.25, 0.3) is 0 Å². The van der Waals surface area contributed by atoms with Crippen molar-refractivity contribution >= 4 is 38.3 Å². The summed E-state index contributed by atoms with van der Waals surface area (Å²) in [6.45, 7) is 2.34. The maximum atomic E-state index is 4.92. The number of hydrogen-bond donors (Lipinski definition) is 1. The summed E-state index contributed by atoms with van der Waals surface area (Å²) in [6.07, 6.45) is 6.25. The highest BCUT2D eigenvalue weighted by Gasteiger charge is 2.22. The van der Waals surface area contributed by atoms with Gasteiger partial charge in [-0.3, -0.25) is 0 Å². The zero-order valence-electron chi connectivity index (χ0n) is 12.3. The number of pyridine rings is 1. The topological polar surface area (TPSA) is 44.8 Å². The molecule has 114 valence electrons. The molecule has 0 aliphatic carbocycles. The number of halogens is 1. The summed E-state index contributed by atoms with van der Waals surface area (Å²) in [4.78, 5) is 14.9. The molecule has 22 heavy (non-hydrogen) atoms. The highest BCUT2D eigenvalue weighted by molar-refractivity contribution is 9.10. The van der Waals surface area contributed by atoms with Gasteiger partial charge in [-0.1, -0.05) is 0 Å². The van der Waals surface area contributed by atoms with Crippen LogP contribution in [0.25, 0.3) is 22.3 Å². The molecule has 1 N–H and O–H groups in total. The minimum Gasteiger partial charge on any atom is -0.345 e. The van der Waals surface area contributed by atoms with Gasteiger partial charge in [-0.2, -0.15) is 0 Å². The van der Waals surface area contributed by atoms with Crippen LogP contribution >= 0.6 is 27.3 Å². The SMILES string of the molecule is CN1CCC(c2nc(-c3c[nH]c4ncc(Br)cc34)cs2)CC1. The summed E-state index contributed by atoms with van der Waals surface area (Å²) in [7, 11) is 2.19. The average Bonchev–Trinajstić information content (AvgIpc) is 3.14. The number of piperidine rings is 1. The zero-order chi connectivity index (χ0) is 15.1. The van der Waals surface area contributed by atoms with Crippen LogP contribution in [-0.4, -0.2) is 40.0 Å². The van der Waals surface area contributed by atoms with Crippen molar-refractivity contribution in [2.45, 2.75) is 18.8 Å². The van der Waals surface area contributed by atoms with E-state index in [1.165, 1.54) is 30.9 Å². The third-order valence-electron chi connectivity index (χ3n) is 4.36. The molecule has 0 radical (unpaired) electrons. The largest absolute Gasteiger partial charge is 0.345 e. The van der Waals surface area contributed by atoms with E-state index in [1.807, 2.05) is 12.4 Å². The molecule has 1 fully saturated rings. The number of H-pyrrole nitrogens is 1. The molecule has 4 nitrogen and oxygen atoms in total. The van der Waals surface area contributed by atoms with E-state index in [-0.39, 0.29) is 0 Å². The van der Waals surface area contributed by atoms with Gasteiger partial charge in [0.05, 0.1) is 10.7 Å². The van der Waals surface area contributed by atoms with Gasteiger partial charge in [0.2, 0.25) is 0 Å². The van der Waals surface area contributed by atoms with Gasteiger partial charge in [-0.25, -0.2) is 9.97 Å². The standard InChI is InChI=1S/C16H17BrN4S/c1-21-4-2-10(3-5-21)16-20-14(9-22-16)13-8-19-15-12(13)6-11(17)7-18-15/h6-10H,2-5H2,1H3,(H,18,19). The lowest BCUT2D eigenvalue weighted by atomic mass is 9.98. The zero-order valence-corrected chi connectivity index (χ0v) is 14.7. The van der Waals surface area contributed by atoms with Gasteiger partial charge >= 0.3 is 0 Å². The van der Waals surface area contributed by atoms with Gasteiger partial charge in [-0.15, -0.1) is 11.3 Å². The van der Waals surface area contributed by atoms with Gasteiger partial charge in [0.1, 0.15) is 5.65 Å². The smallest absolute Gasteiger partial charge is 0.137 e. The van der Waals surface area contributed by atoms with Crippen molar-refractivity contribution < 1.29 is 0 Å². The van der Waals surface area contributed by atoms with Gasteiger partial charge in [0, 0.05) is 39.1 Å². The van der Waals surface area contributed by atoms with Gasteiger partial charge < -0.3 is 9.88 Å².